The van der Waals surface area contributed by atoms with Gasteiger partial charge >= 0.3 is 5.97 Å². The fraction of sp³-hybridized carbons (Fsp3) is 0.0952. The number of nitrogens with zero attached hydrogens (tertiary/aromatic N) is 1. The minimum Gasteiger partial charge on any atom is -0.465 e. The second kappa shape index (κ2) is 9.35. The van der Waals surface area contributed by atoms with E-state index in [9.17, 15) is 28.9 Å². The molecule has 0 aliphatic carbocycles. The molecule has 0 saturated carbocycles. The van der Waals surface area contributed by atoms with Crippen LogP contribution in [0.4, 0.5) is 20.8 Å². The molecule has 2 aromatic carbocycles. The smallest absolute Gasteiger partial charge is 0.341 e. The molecule has 0 bridgehead atoms. The van der Waals surface area contributed by atoms with Crippen LogP contribution in [-0.2, 0) is 4.74 Å². The van der Waals surface area contributed by atoms with Gasteiger partial charge in [-0.2, -0.15) is 0 Å². The number of anilines is 2. The molecule has 2 amide bonds. The van der Waals surface area contributed by atoms with E-state index in [1.165, 1.54) is 49.4 Å². The Labute approximate surface area is 185 Å². The van der Waals surface area contributed by atoms with E-state index < -0.39 is 28.5 Å². The first-order valence-corrected chi connectivity index (χ1v) is 9.87. The van der Waals surface area contributed by atoms with E-state index in [1.54, 1.807) is 0 Å². The van der Waals surface area contributed by atoms with E-state index in [2.05, 4.69) is 10.6 Å². The number of carbonyl (C=O) groups is 3. The number of amides is 2. The molecule has 0 fully saturated rings. The first kappa shape index (κ1) is 22.6. The van der Waals surface area contributed by atoms with Crippen LogP contribution < -0.4 is 10.6 Å². The lowest BCUT2D eigenvalue weighted by atomic mass is 10.1. The average Bonchev–Trinajstić information content (AvgIpc) is 3.10. The summed E-state index contributed by atoms with van der Waals surface area (Å²) in [5.74, 6) is -2.51. The molecule has 9 nitrogen and oxygen atoms in total. The van der Waals surface area contributed by atoms with Crippen LogP contribution in [0.3, 0.4) is 0 Å². The largest absolute Gasteiger partial charge is 0.465 e. The number of ether oxygens (including phenoxy) is 1. The van der Waals surface area contributed by atoms with E-state index in [-0.39, 0.29) is 32.3 Å². The Morgan fingerprint density at radius 1 is 1.06 bits per heavy atom. The van der Waals surface area contributed by atoms with Crippen molar-refractivity contribution in [2.75, 3.05) is 17.7 Å². The number of hydrogen-bond acceptors (Lipinski definition) is 7. The van der Waals surface area contributed by atoms with Gasteiger partial charge in [-0.1, -0.05) is 6.07 Å². The van der Waals surface area contributed by atoms with Gasteiger partial charge in [-0.05, 0) is 42.8 Å². The Kier molecular flexibility index (Phi) is 6.59. The summed E-state index contributed by atoms with van der Waals surface area (Å²) in [6.45, 7) is 1.52. The molecule has 0 saturated heterocycles. The van der Waals surface area contributed by atoms with Gasteiger partial charge in [0.1, 0.15) is 10.8 Å². The lowest BCUT2D eigenvalue weighted by molar-refractivity contribution is -0.384. The summed E-state index contributed by atoms with van der Waals surface area (Å²) in [4.78, 5) is 48.2. The van der Waals surface area contributed by atoms with Crippen molar-refractivity contribution in [3.05, 3.63) is 86.0 Å². The molecule has 3 aromatic rings. The topological polar surface area (TPSA) is 128 Å². The van der Waals surface area contributed by atoms with Gasteiger partial charge in [0, 0.05) is 23.4 Å². The van der Waals surface area contributed by atoms with Crippen LogP contribution in [0.2, 0.25) is 0 Å². The number of rotatable bonds is 6. The predicted octanol–water partition coefficient (Wildman–Crippen LogP) is 4.40. The summed E-state index contributed by atoms with van der Waals surface area (Å²) in [6, 6.07) is 10.2. The number of esters is 1. The maximum atomic E-state index is 13.1. The highest BCUT2D eigenvalue weighted by Gasteiger charge is 2.27. The van der Waals surface area contributed by atoms with Crippen molar-refractivity contribution in [2.24, 2.45) is 0 Å². The number of nitro groups is 1. The summed E-state index contributed by atoms with van der Waals surface area (Å²) in [7, 11) is 1.16. The molecule has 0 aliphatic rings. The molecular weight excluding hydrogens is 441 g/mol. The van der Waals surface area contributed by atoms with Gasteiger partial charge in [-0.15, -0.1) is 11.3 Å². The molecule has 164 valence electrons. The van der Waals surface area contributed by atoms with Crippen molar-refractivity contribution in [3.8, 4) is 0 Å². The Balaban J connectivity index is 1.93. The molecule has 0 spiro atoms. The van der Waals surface area contributed by atoms with Gasteiger partial charge in [-0.3, -0.25) is 19.7 Å². The van der Waals surface area contributed by atoms with Gasteiger partial charge in [0.25, 0.3) is 17.5 Å². The van der Waals surface area contributed by atoms with Gasteiger partial charge in [0.05, 0.1) is 22.5 Å². The van der Waals surface area contributed by atoms with Crippen molar-refractivity contribution in [2.45, 2.75) is 6.92 Å². The minimum absolute atomic E-state index is 0.00150. The molecule has 0 atom stereocenters. The molecule has 11 heteroatoms. The Hall–Kier alpha value is -4.12. The number of non-ortho nitro benzene ring substituents is 1. The number of hydrogen-bond donors (Lipinski definition) is 2. The van der Waals surface area contributed by atoms with Crippen molar-refractivity contribution in [1.29, 1.82) is 0 Å². The van der Waals surface area contributed by atoms with E-state index in [0.29, 0.717) is 5.69 Å². The SMILES string of the molecule is COC(=O)c1c(NC(=O)c2cccc([N+](=O)[O-])c2)sc(C(=O)Nc2ccc(F)cc2)c1C. The standard InChI is InChI=1S/C21H16FN3O6S/c1-11-16(21(28)31-2)20(24-18(26)12-4-3-5-15(10-12)25(29)30)32-17(11)19(27)23-14-8-6-13(22)7-9-14/h3-10H,1-2H3,(H,23,27)(H,24,26). The lowest BCUT2D eigenvalue weighted by Crippen LogP contribution is -2.14. The number of carbonyl (C=O) groups excluding carboxylic acids is 3. The number of methoxy groups -OCH3 is 1. The van der Waals surface area contributed by atoms with Crippen LogP contribution >= 0.6 is 11.3 Å². The fourth-order valence-electron chi connectivity index (χ4n) is 2.82. The van der Waals surface area contributed by atoms with Gasteiger partial charge in [0.2, 0.25) is 0 Å². The van der Waals surface area contributed by atoms with E-state index in [1.807, 2.05) is 0 Å². The Morgan fingerprint density at radius 3 is 2.38 bits per heavy atom. The molecule has 2 N–H and O–H groups in total. The second-order valence-corrected chi connectivity index (χ2v) is 7.50. The molecule has 32 heavy (non-hydrogen) atoms. The van der Waals surface area contributed by atoms with Crippen molar-refractivity contribution in [3.63, 3.8) is 0 Å². The highest BCUT2D eigenvalue weighted by atomic mass is 32.1. The van der Waals surface area contributed by atoms with Crippen molar-refractivity contribution >= 4 is 45.5 Å². The highest BCUT2D eigenvalue weighted by Crippen LogP contribution is 2.34. The minimum atomic E-state index is -0.770. The third-order valence-corrected chi connectivity index (χ3v) is 5.60. The maximum Gasteiger partial charge on any atom is 0.341 e. The van der Waals surface area contributed by atoms with Crippen LogP contribution in [0.1, 0.15) is 36.0 Å². The number of nitro benzene ring substituents is 1. The third kappa shape index (κ3) is 4.78. The Bertz CT molecular complexity index is 1220. The predicted molar refractivity (Wildman–Crippen MR) is 116 cm³/mol. The van der Waals surface area contributed by atoms with E-state index >= 15 is 0 Å². The number of thiophene rings is 1. The zero-order valence-corrected chi connectivity index (χ0v) is 17.6. The zero-order valence-electron chi connectivity index (χ0n) is 16.8. The fourth-order valence-corrected chi connectivity index (χ4v) is 3.91. The lowest BCUT2D eigenvalue weighted by Gasteiger charge is -2.06. The number of halogens is 1. The van der Waals surface area contributed by atoms with Gasteiger partial charge in [-0.25, -0.2) is 9.18 Å². The van der Waals surface area contributed by atoms with Crippen LogP contribution in [0.5, 0.6) is 0 Å². The Morgan fingerprint density at radius 2 is 1.75 bits per heavy atom. The summed E-state index contributed by atoms with van der Waals surface area (Å²) in [5.41, 5.74) is 0.327. The average molecular weight is 457 g/mol. The third-order valence-electron chi connectivity index (χ3n) is 4.39. The molecule has 3 rings (SSSR count). The first-order chi connectivity index (χ1) is 15.2. The van der Waals surface area contributed by atoms with Gasteiger partial charge < -0.3 is 15.4 Å². The van der Waals surface area contributed by atoms with Crippen LogP contribution in [0, 0.1) is 22.9 Å². The normalized spacial score (nSPS) is 10.3. The summed E-state index contributed by atoms with van der Waals surface area (Å²) < 4.78 is 17.9. The van der Waals surface area contributed by atoms with E-state index in [0.717, 1.165) is 24.5 Å². The summed E-state index contributed by atoms with van der Waals surface area (Å²) >= 11 is 0.841. The quantitative estimate of drug-likeness (QED) is 0.321. The zero-order chi connectivity index (χ0) is 23.4. The van der Waals surface area contributed by atoms with Gasteiger partial charge in [0.15, 0.2) is 0 Å². The molecule has 0 unspecified atom stereocenters. The van der Waals surface area contributed by atoms with Crippen LogP contribution in [-0.4, -0.2) is 29.8 Å². The molecule has 1 aromatic heterocycles. The molecular formula is C21H16FN3O6S. The summed E-state index contributed by atoms with van der Waals surface area (Å²) in [5, 5.41) is 16.1. The molecule has 0 radical (unpaired) electrons. The van der Waals surface area contributed by atoms with Crippen molar-refractivity contribution in [1.82, 2.24) is 0 Å². The summed E-state index contributed by atoms with van der Waals surface area (Å²) in [6.07, 6.45) is 0. The van der Waals surface area contributed by atoms with Crippen LogP contribution in [0.25, 0.3) is 0 Å². The monoisotopic (exact) mass is 457 g/mol. The second-order valence-electron chi connectivity index (χ2n) is 6.47. The highest BCUT2D eigenvalue weighted by molar-refractivity contribution is 7.19. The number of nitrogens with one attached hydrogen (secondary N) is 2. The maximum absolute atomic E-state index is 13.1. The van der Waals surface area contributed by atoms with Crippen molar-refractivity contribution < 1.29 is 28.4 Å². The first-order valence-electron chi connectivity index (χ1n) is 9.05. The molecule has 0 aliphatic heterocycles. The van der Waals surface area contributed by atoms with E-state index in [4.69, 9.17) is 4.74 Å². The van der Waals surface area contributed by atoms with Crippen LogP contribution in [0.15, 0.2) is 48.5 Å². The molecule has 1 heterocycles. The number of benzene rings is 2.